The largest absolute Gasteiger partial charge is 0.493 e. The van der Waals surface area contributed by atoms with E-state index in [1.807, 2.05) is 56.3 Å². The summed E-state index contributed by atoms with van der Waals surface area (Å²) in [7, 11) is 4.01. The molecule has 0 saturated heterocycles. The van der Waals surface area contributed by atoms with Crippen LogP contribution in [0.1, 0.15) is 29.0 Å². The lowest BCUT2D eigenvalue weighted by molar-refractivity contribution is 0.304. The third-order valence-corrected chi connectivity index (χ3v) is 3.94. The Morgan fingerprint density at radius 1 is 1.13 bits per heavy atom. The second kappa shape index (κ2) is 7.69. The molecule has 23 heavy (non-hydrogen) atoms. The number of anilines is 1. The summed E-state index contributed by atoms with van der Waals surface area (Å²) in [6.45, 7) is 4.65. The molecule has 120 valence electrons. The molecule has 1 atom stereocenters. The van der Waals surface area contributed by atoms with Gasteiger partial charge in [0.05, 0.1) is 18.6 Å². The van der Waals surface area contributed by atoms with Gasteiger partial charge in [-0.3, -0.25) is 0 Å². The summed E-state index contributed by atoms with van der Waals surface area (Å²) in [6, 6.07) is 16.7. The molecule has 0 aliphatic carbocycles. The molecular formula is C20H24N2O. The van der Waals surface area contributed by atoms with Crippen LogP contribution in [0.5, 0.6) is 5.75 Å². The summed E-state index contributed by atoms with van der Waals surface area (Å²) in [5.41, 5.74) is 4.51. The highest BCUT2D eigenvalue weighted by Gasteiger charge is 2.12. The molecule has 0 aliphatic heterocycles. The number of rotatable bonds is 6. The predicted molar refractivity (Wildman–Crippen MR) is 95.2 cm³/mol. The van der Waals surface area contributed by atoms with E-state index in [2.05, 4.69) is 25.1 Å². The Bertz CT molecular complexity index is 701. The van der Waals surface area contributed by atoms with Crippen molar-refractivity contribution in [3.05, 3.63) is 59.2 Å². The molecule has 0 saturated carbocycles. The van der Waals surface area contributed by atoms with E-state index in [4.69, 9.17) is 4.74 Å². The van der Waals surface area contributed by atoms with Crippen LogP contribution in [0.2, 0.25) is 0 Å². The molecule has 0 heterocycles. The van der Waals surface area contributed by atoms with E-state index in [0.29, 0.717) is 13.0 Å². The van der Waals surface area contributed by atoms with Crippen molar-refractivity contribution in [2.45, 2.75) is 26.2 Å². The van der Waals surface area contributed by atoms with Gasteiger partial charge in [0.25, 0.3) is 0 Å². The quantitative estimate of drug-likeness (QED) is 0.791. The molecule has 2 rings (SSSR count). The maximum atomic E-state index is 9.48. The molecule has 0 aliphatic rings. The maximum Gasteiger partial charge on any atom is 0.122 e. The lowest BCUT2D eigenvalue weighted by atomic mass is 9.97. The lowest BCUT2D eigenvalue weighted by Gasteiger charge is -2.16. The van der Waals surface area contributed by atoms with Gasteiger partial charge in [-0.2, -0.15) is 5.26 Å². The van der Waals surface area contributed by atoms with Gasteiger partial charge >= 0.3 is 0 Å². The minimum Gasteiger partial charge on any atom is -0.493 e. The Morgan fingerprint density at radius 2 is 1.91 bits per heavy atom. The summed E-state index contributed by atoms with van der Waals surface area (Å²) in [5.74, 6) is 0.745. The number of nitriles is 1. The Morgan fingerprint density at radius 3 is 2.57 bits per heavy atom. The molecule has 0 fully saturated rings. The SMILES string of the molecule is Cc1ccc(OCCC(C#N)c2cccc(N(C)C)c2)c(C)c1. The molecule has 3 nitrogen and oxygen atoms in total. The first-order valence-corrected chi connectivity index (χ1v) is 7.88. The smallest absolute Gasteiger partial charge is 0.122 e. The summed E-state index contributed by atoms with van der Waals surface area (Å²) in [4.78, 5) is 2.05. The number of hydrogen-bond donors (Lipinski definition) is 0. The zero-order valence-electron chi connectivity index (χ0n) is 14.3. The fourth-order valence-corrected chi connectivity index (χ4v) is 2.57. The van der Waals surface area contributed by atoms with Gasteiger partial charge < -0.3 is 9.64 Å². The van der Waals surface area contributed by atoms with E-state index < -0.39 is 0 Å². The van der Waals surface area contributed by atoms with Crippen LogP contribution in [-0.2, 0) is 0 Å². The zero-order chi connectivity index (χ0) is 16.8. The highest BCUT2D eigenvalue weighted by atomic mass is 16.5. The minimum atomic E-state index is -0.152. The maximum absolute atomic E-state index is 9.48. The number of aryl methyl sites for hydroxylation is 2. The van der Waals surface area contributed by atoms with E-state index >= 15 is 0 Å². The number of benzene rings is 2. The predicted octanol–water partition coefficient (Wildman–Crippen LogP) is 4.45. The third-order valence-electron chi connectivity index (χ3n) is 3.94. The second-order valence-electron chi connectivity index (χ2n) is 6.08. The van der Waals surface area contributed by atoms with Crippen molar-refractivity contribution in [3.8, 4) is 11.8 Å². The number of ether oxygens (including phenoxy) is 1. The molecule has 0 spiro atoms. The Balaban J connectivity index is 2.00. The highest BCUT2D eigenvalue weighted by molar-refractivity contribution is 5.48. The molecule has 1 unspecified atom stereocenters. The minimum absolute atomic E-state index is 0.152. The zero-order valence-corrected chi connectivity index (χ0v) is 14.3. The van der Waals surface area contributed by atoms with Crippen LogP contribution in [0.25, 0.3) is 0 Å². The molecule has 3 heteroatoms. The van der Waals surface area contributed by atoms with Crippen molar-refractivity contribution < 1.29 is 4.74 Å². The van der Waals surface area contributed by atoms with Crippen LogP contribution in [0, 0.1) is 25.2 Å². The first kappa shape index (κ1) is 16.9. The van der Waals surface area contributed by atoms with Gasteiger partial charge in [-0.15, -0.1) is 0 Å². The van der Waals surface area contributed by atoms with Crippen molar-refractivity contribution in [2.75, 3.05) is 25.6 Å². The molecular weight excluding hydrogens is 284 g/mol. The summed E-state index contributed by atoms with van der Waals surface area (Å²) >= 11 is 0. The van der Waals surface area contributed by atoms with Crippen LogP contribution in [0.3, 0.4) is 0 Å². The lowest BCUT2D eigenvalue weighted by Crippen LogP contribution is -2.10. The Hall–Kier alpha value is -2.47. The van der Waals surface area contributed by atoms with Gasteiger partial charge in [-0.25, -0.2) is 0 Å². The molecule has 0 radical (unpaired) electrons. The van der Waals surface area contributed by atoms with Crippen molar-refractivity contribution in [1.29, 1.82) is 5.26 Å². The van der Waals surface area contributed by atoms with Crippen LogP contribution in [0.4, 0.5) is 5.69 Å². The van der Waals surface area contributed by atoms with E-state index in [0.717, 1.165) is 22.6 Å². The van der Waals surface area contributed by atoms with Crippen LogP contribution >= 0.6 is 0 Å². The molecule has 2 aromatic rings. The van der Waals surface area contributed by atoms with Crippen LogP contribution in [0.15, 0.2) is 42.5 Å². The van der Waals surface area contributed by atoms with E-state index in [1.54, 1.807) is 0 Å². The first-order valence-electron chi connectivity index (χ1n) is 7.88. The molecule has 0 N–H and O–H groups in total. The van der Waals surface area contributed by atoms with E-state index in [1.165, 1.54) is 5.56 Å². The van der Waals surface area contributed by atoms with Crippen molar-refractivity contribution in [3.63, 3.8) is 0 Å². The van der Waals surface area contributed by atoms with Crippen molar-refractivity contribution >= 4 is 5.69 Å². The van der Waals surface area contributed by atoms with Gasteiger partial charge in [-0.1, -0.05) is 29.8 Å². The average Bonchev–Trinajstić information content (AvgIpc) is 2.53. The monoisotopic (exact) mass is 308 g/mol. The molecule has 0 amide bonds. The fraction of sp³-hybridized carbons (Fsp3) is 0.350. The van der Waals surface area contributed by atoms with Gasteiger partial charge in [0.2, 0.25) is 0 Å². The van der Waals surface area contributed by atoms with Crippen LogP contribution in [-0.4, -0.2) is 20.7 Å². The topological polar surface area (TPSA) is 36.3 Å². The van der Waals surface area contributed by atoms with Gasteiger partial charge in [0.15, 0.2) is 0 Å². The third kappa shape index (κ3) is 4.50. The summed E-state index contributed by atoms with van der Waals surface area (Å²) < 4.78 is 5.86. The van der Waals surface area contributed by atoms with Crippen LogP contribution < -0.4 is 9.64 Å². The van der Waals surface area contributed by atoms with Gasteiger partial charge in [0.1, 0.15) is 5.75 Å². The summed E-state index contributed by atoms with van der Waals surface area (Å²) in [6.07, 6.45) is 0.681. The van der Waals surface area contributed by atoms with E-state index in [-0.39, 0.29) is 5.92 Å². The average molecular weight is 308 g/mol. The standard InChI is InChI=1S/C20H24N2O/c1-15-8-9-20(16(2)12-15)23-11-10-18(14-21)17-6-5-7-19(13-17)22(3)4/h5-9,12-13,18H,10-11H2,1-4H3. The highest BCUT2D eigenvalue weighted by Crippen LogP contribution is 2.24. The van der Waals surface area contributed by atoms with Gasteiger partial charge in [-0.05, 0) is 43.2 Å². The molecule has 0 aromatic heterocycles. The number of hydrogen-bond acceptors (Lipinski definition) is 3. The normalized spacial score (nSPS) is 11.6. The molecule has 2 aromatic carbocycles. The van der Waals surface area contributed by atoms with Gasteiger partial charge in [0, 0.05) is 26.2 Å². The molecule has 0 bridgehead atoms. The van der Waals surface area contributed by atoms with Crippen molar-refractivity contribution in [2.24, 2.45) is 0 Å². The summed E-state index contributed by atoms with van der Waals surface area (Å²) in [5, 5.41) is 9.48. The van der Waals surface area contributed by atoms with E-state index in [9.17, 15) is 5.26 Å². The Labute approximate surface area is 139 Å². The fourth-order valence-electron chi connectivity index (χ4n) is 2.57. The Kier molecular flexibility index (Phi) is 5.65. The first-order chi connectivity index (χ1) is 11.0. The van der Waals surface area contributed by atoms with Crippen molar-refractivity contribution in [1.82, 2.24) is 0 Å². The second-order valence-corrected chi connectivity index (χ2v) is 6.08. The number of nitrogens with zero attached hydrogens (tertiary/aromatic N) is 2.